The maximum Gasteiger partial charge on any atom is 0.255 e. The van der Waals surface area contributed by atoms with Gasteiger partial charge in [-0.15, -0.1) is 0 Å². The van der Waals surface area contributed by atoms with Crippen molar-refractivity contribution in [3.8, 4) is 11.5 Å². The molecule has 1 aliphatic rings. The Labute approximate surface area is 127 Å². The van der Waals surface area contributed by atoms with Crippen LogP contribution in [-0.4, -0.2) is 19.1 Å². The van der Waals surface area contributed by atoms with Crippen LogP contribution in [0.3, 0.4) is 0 Å². The third kappa shape index (κ3) is 2.95. The molecule has 0 saturated carbocycles. The number of ether oxygens (including phenoxy) is 2. The second-order valence-corrected chi connectivity index (χ2v) is 5.18. The van der Waals surface area contributed by atoms with Gasteiger partial charge in [-0.2, -0.15) is 0 Å². The zero-order chi connectivity index (χ0) is 14.8. The summed E-state index contributed by atoms with van der Waals surface area (Å²) in [4.78, 5) is 12.2. The first-order chi connectivity index (χ1) is 10.1. The van der Waals surface area contributed by atoms with Crippen LogP contribution in [0.2, 0.25) is 5.02 Å². The number of anilines is 1. The van der Waals surface area contributed by atoms with Gasteiger partial charge in [0.2, 0.25) is 0 Å². The molecular formula is C16H14ClNO3. The van der Waals surface area contributed by atoms with Crippen LogP contribution in [0.25, 0.3) is 0 Å². The molecule has 2 aromatic rings. The minimum atomic E-state index is -0.216. The molecule has 0 atom stereocenters. The molecule has 5 heteroatoms. The third-order valence-electron chi connectivity index (χ3n) is 3.23. The summed E-state index contributed by atoms with van der Waals surface area (Å²) in [6, 6.07) is 10.5. The lowest BCUT2D eigenvalue weighted by Gasteiger charge is -2.18. The van der Waals surface area contributed by atoms with E-state index in [1.807, 2.05) is 19.1 Å². The summed E-state index contributed by atoms with van der Waals surface area (Å²) in [6.45, 7) is 2.93. The quantitative estimate of drug-likeness (QED) is 0.921. The van der Waals surface area contributed by atoms with Crippen LogP contribution in [0, 0.1) is 6.92 Å². The molecule has 0 spiro atoms. The first-order valence-corrected chi connectivity index (χ1v) is 6.98. The summed E-state index contributed by atoms with van der Waals surface area (Å²) in [7, 11) is 0. The summed E-state index contributed by atoms with van der Waals surface area (Å²) >= 11 is 6.05. The Morgan fingerprint density at radius 1 is 1.10 bits per heavy atom. The molecule has 1 N–H and O–H groups in total. The van der Waals surface area contributed by atoms with E-state index in [1.165, 1.54) is 0 Å². The molecule has 1 aliphatic heterocycles. The van der Waals surface area contributed by atoms with E-state index in [1.54, 1.807) is 24.3 Å². The predicted octanol–water partition coefficient (Wildman–Crippen LogP) is 3.67. The smallest absolute Gasteiger partial charge is 0.255 e. The standard InChI is InChI=1S/C16H14ClNO3/c1-10-2-4-12(9-13(10)17)18-16(19)11-3-5-14-15(8-11)21-7-6-20-14/h2-5,8-9H,6-7H2,1H3,(H,18,19). The number of rotatable bonds is 2. The molecule has 0 bridgehead atoms. The molecule has 21 heavy (non-hydrogen) atoms. The van der Waals surface area contributed by atoms with E-state index < -0.39 is 0 Å². The molecule has 0 saturated heterocycles. The largest absolute Gasteiger partial charge is 0.486 e. The number of carbonyl (C=O) groups is 1. The van der Waals surface area contributed by atoms with Crippen LogP contribution in [0.15, 0.2) is 36.4 Å². The molecule has 108 valence electrons. The van der Waals surface area contributed by atoms with Gasteiger partial charge in [0.25, 0.3) is 5.91 Å². The van der Waals surface area contributed by atoms with Crippen molar-refractivity contribution in [2.24, 2.45) is 0 Å². The van der Waals surface area contributed by atoms with Gasteiger partial charge >= 0.3 is 0 Å². The van der Waals surface area contributed by atoms with Gasteiger partial charge in [-0.25, -0.2) is 0 Å². The molecule has 0 aliphatic carbocycles. The Kier molecular flexibility index (Phi) is 3.71. The number of hydrogen-bond donors (Lipinski definition) is 1. The van der Waals surface area contributed by atoms with E-state index in [-0.39, 0.29) is 5.91 Å². The maximum absolute atomic E-state index is 12.2. The van der Waals surface area contributed by atoms with Crippen LogP contribution >= 0.6 is 11.6 Å². The van der Waals surface area contributed by atoms with Crippen LogP contribution in [0.4, 0.5) is 5.69 Å². The van der Waals surface area contributed by atoms with E-state index >= 15 is 0 Å². The highest BCUT2D eigenvalue weighted by Crippen LogP contribution is 2.31. The Morgan fingerprint density at radius 2 is 1.86 bits per heavy atom. The van der Waals surface area contributed by atoms with Crippen molar-refractivity contribution in [2.45, 2.75) is 6.92 Å². The van der Waals surface area contributed by atoms with Crippen LogP contribution in [0.5, 0.6) is 11.5 Å². The van der Waals surface area contributed by atoms with E-state index in [2.05, 4.69) is 5.32 Å². The monoisotopic (exact) mass is 303 g/mol. The molecule has 4 nitrogen and oxygen atoms in total. The Hall–Kier alpha value is -2.20. The second kappa shape index (κ2) is 5.66. The number of fused-ring (bicyclic) bond motifs is 1. The van der Waals surface area contributed by atoms with Gasteiger partial charge in [-0.05, 0) is 42.8 Å². The van der Waals surface area contributed by atoms with Gasteiger partial charge in [0, 0.05) is 16.3 Å². The third-order valence-corrected chi connectivity index (χ3v) is 3.64. The van der Waals surface area contributed by atoms with Crippen LogP contribution in [-0.2, 0) is 0 Å². The normalized spacial score (nSPS) is 12.9. The zero-order valence-corrected chi connectivity index (χ0v) is 12.2. The highest BCUT2D eigenvalue weighted by Gasteiger charge is 2.15. The van der Waals surface area contributed by atoms with E-state index in [0.29, 0.717) is 41.0 Å². The van der Waals surface area contributed by atoms with Crippen molar-refractivity contribution >= 4 is 23.2 Å². The lowest BCUT2D eigenvalue weighted by atomic mass is 10.1. The van der Waals surface area contributed by atoms with Gasteiger partial charge in [0.15, 0.2) is 11.5 Å². The topological polar surface area (TPSA) is 47.6 Å². The van der Waals surface area contributed by atoms with Crippen molar-refractivity contribution in [2.75, 3.05) is 18.5 Å². The minimum Gasteiger partial charge on any atom is -0.486 e. The Bertz CT molecular complexity index is 700. The fourth-order valence-corrected chi connectivity index (χ4v) is 2.24. The Morgan fingerprint density at radius 3 is 2.62 bits per heavy atom. The highest BCUT2D eigenvalue weighted by molar-refractivity contribution is 6.31. The summed E-state index contributed by atoms with van der Waals surface area (Å²) in [5, 5.41) is 3.43. The molecular weight excluding hydrogens is 290 g/mol. The summed E-state index contributed by atoms with van der Waals surface area (Å²) < 4.78 is 10.9. The van der Waals surface area contributed by atoms with Crippen molar-refractivity contribution < 1.29 is 14.3 Å². The molecule has 1 heterocycles. The second-order valence-electron chi connectivity index (χ2n) is 4.78. The van der Waals surface area contributed by atoms with Gasteiger partial charge in [-0.3, -0.25) is 4.79 Å². The van der Waals surface area contributed by atoms with Gasteiger partial charge in [-0.1, -0.05) is 17.7 Å². The van der Waals surface area contributed by atoms with E-state index in [9.17, 15) is 4.79 Å². The van der Waals surface area contributed by atoms with Crippen molar-refractivity contribution in [3.05, 3.63) is 52.5 Å². The minimum absolute atomic E-state index is 0.216. The predicted molar refractivity (Wildman–Crippen MR) is 81.6 cm³/mol. The number of hydrogen-bond acceptors (Lipinski definition) is 3. The molecule has 0 fully saturated rings. The van der Waals surface area contributed by atoms with Crippen LogP contribution < -0.4 is 14.8 Å². The van der Waals surface area contributed by atoms with E-state index in [0.717, 1.165) is 5.56 Å². The number of carbonyl (C=O) groups excluding carboxylic acids is 1. The summed E-state index contributed by atoms with van der Waals surface area (Å²) in [5.41, 5.74) is 2.13. The average molecular weight is 304 g/mol. The summed E-state index contributed by atoms with van der Waals surface area (Å²) in [6.07, 6.45) is 0. The van der Waals surface area contributed by atoms with Gasteiger partial charge in [0.1, 0.15) is 13.2 Å². The fraction of sp³-hybridized carbons (Fsp3) is 0.188. The molecule has 0 unspecified atom stereocenters. The lowest BCUT2D eigenvalue weighted by molar-refractivity contribution is 0.102. The van der Waals surface area contributed by atoms with Crippen molar-refractivity contribution in [3.63, 3.8) is 0 Å². The molecule has 0 radical (unpaired) electrons. The van der Waals surface area contributed by atoms with Gasteiger partial charge < -0.3 is 14.8 Å². The number of amides is 1. The highest BCUT2D eigenvalue weighted by atomic mass is 35.5. The first-order valence-electron chi connectivity index (χ1n) is 6.60. The molecule has 0 aromatic heterocycles. The molecule has 1 amide bonds. The number of benzene rings is 2. The molecule has 3 rings (SSSR count). The van der Waals surface area contributed by atoms with Crippen molar-refractivity contribution in [1.29, 1.82) is 0 Å². The number of halogens is 1. The lowest BCUT2D eigenvalue weighted by Crippen LogP contribution is -2.17. The van der Waals surface area contributed by atoms with Gasteiger partial charge in [0.05, 0.1) is 0 Å². The van der Waals surface area contributed by atoms with Crippen molar-refractivity contribution in [1.82, 2.24) is 0 Å². The van der Waals surface area contributed by atoms with E-state index in [4.69, 9.17) is 21.1 Å². The Balaban J connectivity index is 1.80. The summed E-state index contributed by atoms with van der Waals surface area (Å²) in [5.74, 6) is 1.04. The number of nitrogens with one attached hydrogen (secondary N) is 1. The molecule has 2 aromatic carbocycles. The maximum atomic E-state index is 12.2. The first kappa shape index (κ1) is 13.8. The average Bonchev–Trinajstić information content (AvgIpc) is 2.50. The number of aryl methyl sites for hydroxylation is 1. The van der Waals surface area contributed by atoms with Crippen LogP contribution in [0.1, 0.15) is 15.9 Å². The SMILES string of the molecule is Cc1ccc(NC(=O)c2ccc3c(c2)OCCO3)cc1Cl. The fourth-order valence-electron chi connectivity index (χ4n) is 2.06. The zero-order valence-electron chi connectivity index (χ0n) is 11.5.